The first kappa shape index (κ1) is 17.9. The van der Waals surface area contributed by atoms with Crippen LogP contribution in [0.2, 0.25) is 5.02 Å². The molecule has 1 fully saturated rings. The maximum atomic E-state index is 12.4. The maximum absolute atomic E-state index is 12.4. The number of carbonyl (C=O) groups excluding carboxylic acids is 1. The molecule has 0 saturated heterocycles. The standard InChI is InChI=1S/C17H25ClN2O3/c1-3-4-7-23-16-13(18)8-12(9-15(16)22-2)17(21)20-14(10-19)11-5-6-11/h8-9,11,14H,3-7,10,19H2,1-2H3,(H,20,21). The van der Waals surface area contributed by atoms with Gasteiger partial charge in [-0.15, -0.1) is 0 Å². The number of hydrogen-bond donors (Lipinski definition) is 2. The van der Waals surface area contributed by atoms with E-state index in [0.29, 0.717) is 41.2 Å². The molecule has 1 aromatic carbocycles. The largest absolute Gasteiger partial charge is 0.493 e. The molecule has 0 spiro atoms. The average Bonchev–Trinajstić information content (AvgIpc) is 3.38. The number of amides is 1. The van der Waals surface area contributed by atoms with Crippen LogP contribution in [0, 0.1) is 5.92 Å². The smallest absolute Gasteiger partial charge is 0.251 e. The van der Waals surface area contributed by atoms with Crippen LogP contribution < -0.4 is 20.5 Å². The lowest BCUT2D eigenvalue weighted by atomic mass is 10.1. The molecule has 0 aliphatic heterocycles. The Morgan fingerprint density at radius 2 is 2.22 bits per heavy atom. The second kappa shape index (κ2) is 8.41. The number of benzene rings is 1. The zero-order valence-electron chi connectivity index (χ0n) is 13.7. The highest BCUT2D eigenvalue weighted by Gasteiger charge is 2.31. The highest BCUT2D eigenvalue weighted by atomic mass is 35.5. The fourth-order valence-electron chi connectivity index (χ4n) is 2.43. The van der Waals surface area contributed by atoms with Crippen molar-refractivity contribution in [3.63, 3.8) is 0 Å². The molecule has 23 heavy (non-hydrogen) atoms. The summed E-state index contributed by atoms with van der Waals surface area (Å²) in [5.41, 5.74) is 6.19. The Morgan fingerprint density at radius 3 is 2.78 bits per heavy atom. The van der Waals surface area contributed by atoms with Crippen molar-refractivity contribution in [3.8, 4) is 11.5 Å². The maximum Gasteiger partial charge on any atom is 0.251 e. The number of ether oxygens (including phenoxy) is 2. The highest BCUT2D eigenvalue weighted by Crippen LogP contribution is 2.37. The van der Waals surface area contributed by atoms with Gasteiger partial charge >= 0.3 is 0 Å². The highest BCUT2D eigenvalue weighted by molar-refractivity contribution is 6.32. The summed E-state index contributed by atoms with van der Waals surface area (Å²) in [6.45, 7) is 3.10. The second-order valence-electron chi connectivity index (χ2n) is 5.84. The molecule has 0 heterocycles. The van der Waals surface area contributed by atoms with Crippen LogP contribution in [-0.4, -0.2) is 32.2 Å². The van der Waals surface area contributed by atoms with E-state index >= 15 is 0 Å². The second-order valence-corrected chi connectivity index (χ2v) is 6.25. The number of unbranched alkanes of at least 4 members (excludes halogenated alkanes) is 1. The van der Waals surface area contributed by atoms with Gasteiger partial charge in [-0.05, 0) is 37.3 Å². The first-order valence-electron chi connectivity index (χ1n) is 8.12. The van der Waals surface area contributed by atoms with Crippen molar-refractivity contribution in [2.75, 3.05) is 20.3 Å². The number of methoxy groups -OCH3 is 1. The van der Waals surface area contributed by atoms with Crippen molar-refractivity contribution in [2.24, 2.45) is 11.7 Å². The molecule has 1 atom stereocenters. The van der Waals surface area contributed by atoms with Crippen LogP contribution in [0.1, 0.15) is 43.0 Å². The van der Waals surface area contributed by atoms with Crippen molar-refractivity contribution in [2.45, 2.75) is 38.6 Å². The predicted octanol–water partition coefficient (Wildman–Crippen LogP) is 2.99. The van der Waals surface area contributed by atoms with E-state index in [-0.39, 0.29) is 11.9 Å². The Morgan fingerprint density at radius 1 is 1.48 bits per heavy atom. The molecule has 1 aromatic rings. The summed E-state index contributed by atoms with van der Waals surface area (Å²) < 4.78 is 11.0. The zero-order valence-corrected chi connectivity index (χ0v) is 14.5. The minimum Gasteiger partial charge on any atom is -0.493 e. The van der Waals surface area contributed by atoms with Crippen molar-refractivity contribution < 1.29 is 14.3 Å². The number of nitrogens with one attached hydrogen (secondary N) is 1. The number of nitrogens with two attached hydrogens (primary N) is 1. The Kier molecular flexibility index (Phi) is 6.54. The number of hydrogen-bond acceptors (Lipinski definition) is 4. The van der Waals surface area contributed by atoms with Crippen molar-refractivity contribution in [1.29, 1.82) is 0 Å². The van der Waals surface area contributed by atoms with Crippen LogP contribution in [0.3, 0.4) is 0 Å². The molecule has 1 amide bonds. The molecule has 1 unspecified atom stereocenters. The fraction of sp³-hybridized carbons (Fsp3) is 0.588. The van der Waals surface area contributed by atoms with Gasteiger partial charge in [0, 0.05) is 18.2 Å². The molecule has 0 radical (unpaired) electrons. The molecule has 1 saturated carbocycles. The van der Waals surface area contributed by atoms with Crippen LogP contribution in [-0.2, 0) is 0 Å². The molecule has 3 N–H and O–H groups in total. The van der Waals surface area contributed by atoms with E-state index in [1.165, 1.54) is 7.11 Å². The Balaban J connectivity index is 2.12. The van der Waals surface area contributed by atoms with Gasteiger partial charge in [0.15, 0.2) is 11.5 Å². The van der Waals surface area contributed by atoms with Crippen LogP contribution in [0.25, 0.3) is 0 Å². The topological polar surface area (TPSA) is 73.6 Å². The minimum atomic E-state index is -0.187. The molecule has 5 nitrogen and oxygen atoms in total. The molecule has 1 aliphatic rings. The molecule has 128 valence electrons. The molecule has 6 heteroatoms. The van der Waals surface area contributed by atoms with Crippen molar-refractivity contribution in [1.82, 2.24) is 5.32 Å². The van der Waals surface area contributed by atoms with Gasteiger partial charge < -0.3 is 20.5 Å². The van der Waals surface area contributed by atoms with Gasteiger partial charge in [0.2, 0.25) is 0 Å². The number of rotatable bonds is 9. The van der Waals surface area contributed by atoms with Crippen LogP contribution >= 0.6 is 11.6 Å². The van der Waals surface area contributed by atoms with E-state index in [0.717, 1.165) is 25.7 Å². The monoisotopic (exact) mass is 340 g/mol. The van der Waals surface area contributed by atoms with Crippen LogP contribution in [0.4, 0.5) is 0 Å². The van der Waals surface area contributed by atoms with Gasteiger partial charge in [-0.25, -0.2) is 0 Å². The Bertz CT molecular complexity index is 547. The van der Waals surface area contributed by atoms with E-state index in [9.17, 15) is 4.79 Å². The normalized spacial score (nSPS) is 15.1. The molecule has 1 aliphatic carbocycles. The summed E-state index contributed by atoms with van der Waals surface area (Å²) in [6, 6.07) is 3.29. The van der Waals surface area contributed by atoms with E-state index in [2.05, 4.69) is 12.2 Å². The lowest BCUT2D eigenvalue weighted by molar-refractivity contribution is 0.0933. The number of halogens is 1. The first-order chi connectivity index (χ1) is 11.1. The summed E-state index contributed by atoms with van der Waals surface area (Å²) in [4.78, 5) is 12.4. The summed E-state index contributed by atoms with van der Waals surface area (Å²) >= 11 is 6.27. The van der Waals surface area contributed by atoms with Crippen molar-refractivity contribution in [3.05, 3.63) is 22.7 Å². The van der Waals surface area contributed by atoms with Crippen molar-refractivity contribution >= 4 is 17.5 Å². The average molecular weight is 341 g/mol. The van der Waals surface area contributed by atoms with E-state index < -0.39 is 0 Å². The Labute approximate surface area is 142 Å². The third-order valence-electron chi connectivity index (χ3n) is 4.00. The minimum absolute atomic E-state index is 0.0211. The Hall–Kier alpha value is -1.46. The summed E-state index contributed by atoms with van der Waals surface area (Å²) in [7, 11) is 1.53. The third kappa shape index (κ3) is 4.75. The van der Waals surface area contributed by atoms with Crippen LogP contribution in [0.15, 0.2) is 12.1 Å². The molecule has 0 bridgehead atoms. The van der Waals surface area contributed by atoms with Gasteiger partial charge in [-0.3, -0.25) is 4.79 Å². The van der Waals surface area contributed by atoms with Gasteiger partial charge in [0.25, 0.3) is 5.91 Å². The van der Waals surface area contributed by atoms with Crippen LogP contribution in [0.5, 0.6) is 11.5 Å². The fourth-order valence-corrected chi connectivity index (χ4v) is 2.69. The zero-order chi connectivity index (χ0) is 16.8. The summed E-state index contributed by atoms with van der Waals surface area (Å²) in [5.74, 6) is 1.26. The lowest BCUT2D eigenvalue weighted by Gasteiger charge is -2.18. The summed E-state index contributed by atoms with van der Waals surface area (Å²) in [5, 5.41) is 3.35. The molecular formula is C17H25ClN2O3. The van der Waals surface area contributed by atoms with E-state index in [4.69, 9.17) is 26.8 Å². The lowest BCUT2D eigenvalue weighted by Crippen LogP contribution is -2.41. The van der Waals surface area contributed by atoms with Gasteiger partial charge in [-0.1, -0.05) is 24.9 Å². The molecule has 0 aromatic heterocycles. The predicted molar refractivity (Wildman–Crippen MR) is 91.4 cm³/mol. The quantitative estimate of drug-likeness (QED) is 0.678. The SMILES string of the molecule is CCCCOc1c(Cl)cc(C(=O)NC(CN)C2CC2)cc1OC. The van der Waals surface area contributed by atoms with E-state index in [1.54, 1.807) is 12.1 Å². The molecular weight excluding hydrogens is 316 g/mol. The molecule has 2 rings (SSSR count). The van der Waals surface area contributed by atoms with Gasteiger partial charge in [-0.2, -0.15) is 0 Å². The third-order valence-corrected chi connectivity index (χ3v) is 4.28. The summed E-state index contributed by atoms with van der Waals surface area (Å²) in [6.07, 6.45) is 4.20. The number of carbonyl (C=O) groups is 1. The van der Waals surface area contributed by atoms with Gasteiger partial charge in [0.05, 0.1) is 18.7 Å². The van der Waals surface area contributed by atoms with E-state index in [1.807, 2.05) is 0 Å². The van der Waals surface area contributed by atoms with Gasteiger partial charge in [0.1, 0.15) is 0 Å². The first-order valence-corrected chi connectivity index (χ1v) is 8.49.